The van der Waals surface area contributed by atoms with Crippen molar-refractivity contribution in [3.63, 3.8) is 0 Å². The van der Waals surface area contributed by atoms with Gasteiger partial charge in [-0.1, -0.05) is 12.1 Å². The summed E-state index contributed by atoms with van der Waals surface area (Å²) in [5.74, 6) is 1.21. The van der Waals surface area contributed by atoms with Crippen molar-refractivity contribution in [3.05, 3.63) is 48.0 Å². The van der Waals surface area contributed by atoms with Gasteiger partial charge < -0.3 is 9.72 Å². The molecule has 0 amide bonds. The molecule has 0 aliphatic rings. The van der Waals surface area contributed by atoms with Crippen LogP contribution >= 0.6 is 0 Å². The summed E-state index contributed by atoms with van der Waals surface area (Å²) in [6.07, 6.45) is -4.33. The van der Waals surface area contributed by atoms with Crippen LogP contribution in [0.15, 0.2) is 42.5 Å². The van der Waals surface area contributed by atoms with E-state index in [4.69, 9.17) is 4.74 Å². The number of benzene rings is 2. The maximum atomic E-state index is 12.5. The fourth-order valence-corrected chi connectivity index (χ4v) is 2.07. The van der Waals surface area contributed by atoms with Crippen LogP contribution in [-0.2, 0) is 6.18 Å². The van der Waals surface area contributed by atoms with Crippen molar-refractivity contribution in [1.29, 1.82) is 0 Å². The summed E-state index contributed by atoms with van der Waals surface area (Å²) in [7, 11) is 1.56. The Balaban J connectivity index is 2.00. The van der Waals surface area contributed by atoms with E-state index in [0.29, 0.717) is 17.1 Å². The number of rotatable bonds is 2. The van der Waals surface area contributed by atoms with E-state index >= 15 is 0 Å². The third-order valence-electron chi connectivity index (χ3n) is 3.17. The average Bonchev–Trinajstić information content (AvgIpc) is 2.89. The third-order valence-corrected chi connectivity index (χ3v) is 3.17. The highest BCUT2D eigenvalue weighted by molar-refractivity contribution is 5.80. The minimum absolute atomic E-state index is 0.520. The van der Waals surface area contributed by atoms with E-state index in [1.807, 2.05) is 0 Å². The number of imidazole rings is 1. The van der Waals surface area contributed by atoms with E-state index < -0.39 is 11.7 Å². The fraction of sp³-hybridized carbons (Fsp3) is 0.133. The molecule has 0 bridgehead atoms. The lowest BCUT2D eigenvalue weighted by molar-refractivity contribution is -0.137. The molecule has 0 aliphatic carbocycles. The summed E-state index contributed by atoms with van der Waals surface area (Å²) in [6.45, 7) is 0. The summed E-state index contributed by atoms with van der Waals surface area (Å²) in [5.41, 5.74) is 1.41. The number of hydrogen-bond acceptors (Lipinski definition) is 2. The van der Waals surface area contributed by atoms with E-state index in [1.54, 1.807) is 25.3 Å². The highest BCUT2D eigenvalue weighted by Gasteiger charge is 2.30. The quantitative estimate of drug-likeness (QED) is 0.766. The molecule has 2 aromatic carbocycles. The lowest BCUT2D eigenvalue weighted by atomic mass is 10.1. The fourth-order valence-electron chi connectivity index (χ4n) is 2.07. The lowest BCUT2D eigenvalue weighted by Gasteiger charge is -2.06. The molecule has 0 spiro atoms. The summed E-state index contributed by atoms with van der Waals surface area (Å²) >= 11 is 0. The molecule has 3 rings (SSSR count). The van der Waals surface area contributed by atoms with Gasteiger partial charge >= 0.3 is 6.18 Å². The normalized spacial score (nSPS) is 11.8. The summed E-state index contributed by atoms with van der Waals surface area (Å²) in [5, 5.41) is 0. The smallest absolute Gasteiger partial charge is 0.416 e. The Morgan fingerprint density at radius 2 is 1.76 bits per heavy atom. The number of nitrogens with zero attached hydrogens (tertiary/aromatic N) is 1. The van der Waals surface area contributed by atoms with Gasteiger partial charge in [-0.2, -0.15) is 13.2 Å². The maximum absolute atomic E-state index is 12.5. The van der Waals surface area contributed by atoms with Crippen LogP contribution in [0.2, 0.25) is 0 Å². The Kier molecular flexibility index (Phi) is 3.08. The highest BCUT2D eigenvalue weighted by atomic mass is 19.4. The van der Waals surface area contributed by atoms with Crippen LogP contribution in [0.3, 0.4) is 0 Å². The number of ether oxygens (including phenoxy) is 1. The number of aromatic nitrogens is 2. The van der Waals surface area contributed by atoms with Crippen LogP contribution < -0.4 is 4.74 Å². The van der Waals surface area contributed by atoms with Crippen LogP contribution in [0.25, 0.3) is 22.4 Å². The van der Waals surface area contributed by atoms with Crippen molar-refractivity contribution in [1.82, 2.24) is 9.97 Å². The number of hydrogen-bond donors (Lipinski definition) is 1. The molecule has 0 atom stereocenters. The number of aromatic amines is 1. The van der Waals surface area contributed by atoms with Gasteiger partial charge in [0.25, 0.3) is 0 Å². The molecule has 0 saturated carbocycles. The SMILES string of the molecule is COc1ccc2nc(-c3ccc(C(F)(F)F)cc3)[nH]c2c1. The number of alkyl halides is 3. The molecule has 1 N–H and O–H groups in total. The van der Waals surface area contributed by atoms with E-state index in [1.165, 1.54) is 12.1 Å². The number of fused-ring (bicyclic) bond motifs is 1. The molecule has 0 fully saturated rings. The second kappa shape index (κ2) is 4.80. The van der Waals surface area contributed by atoms with Gasteiger partial charge in [-0.05, 0) is 24.3 Å². The van der Waals surface area contributed by atoms with Crippen LogP contribution in [0, 0.1) is 0 Å². The first kappa shape index (κ1) is 13.5. The van der Waals surface area contributed by atoms with Crippen molar-refractivity contribution in [2.45, 2.75) is 6.18 Å². The Labute approximate surface area is 118 Å². The van der Waals surface area contributed by atoms with E-state index in [0.717, 1.165) is 23.2 Å². The Morgan fingerprint density at radius 3 is 2.38 bits per heavy atom. The zero-order chi connectivity index (χ0) is 15.0. The summed E-state index contributed by atoms with van der Waals surface area (Å²) in [6, 6.07) is 10.2. The molecule has 0 aliphatic heterocycles. The molecule has 6 heteroatoms. The van der Waals surface area contributed by atoms with Gasteiger partial charge in [0.05, 0.1) is 23.7 Å². The van der Waals surface area contributed by atoms with Crippen molar-refractivity contribution >= 4 is 11.0 Å². The van der Waals surface area contributed by atoms with Crippen molar-refractivity contribution < 1.29 is 17.9 Å². The third kappa shape index (κ3) is 2.56. The van der Waals surface area contributed by atoms with Crippen LogP contribution in [0.4, 0.5) is 13.2 Å². The zero-order valence-electron chi connectivity index (χ0n) is 11.0. The molecule has 1 heterocycles. The van der Waals surface area contributed by atoms with Crippen LogP contribution in [-0.4, -0.2) is 17.1 Å². The van der Waals surface area contributed by atoms with Gasteiger partial charge in [0.1, 0.15) is 11.6 Å². The summed E-state index contributed by atoms with van der Waals surface area (Å²) in [4.78, 5) is 7.43. The first-order valence-corrected chi connectivity index (χ1v) is 6.19. The Hall–Kier alpha value is -2.50. The first-order chi connectivity index (χ1) is 9.97. The predicted octanol–water partition coefficient (Wildman–Crippen LogP) is 4.26. The lowest BCUT2D eigenvalue weighted by Crippen LogP contribution is -2.04. The standard InChI is InChI=1S/C15H11F3N2O/c1-21-11-6-7-12-13(8-11)20-14(19-12)9-2-4-10(5-3-9)15(16,17)18/h2-8H,1H3,(H,19,20). The van der Waals surface area contributed by atoms with Gasteiger partial charge in [0.2, 0.25) is 0 Å². The summed E-state index contributed by atoms with van der Waals surface area (Å²) < 4.78 is 42.7. The Bertz CT molecular complexity index is 776. The minimum Gasteiger partial charge on any atom is -0.497 e. The molecule has 0 unspecified atom stereocenters. The zero-order valence-corrected chi connectivity index (χ0v) is 11.0. The molecule has 21 heavy (non-hydrogen) atoms. The molecular weight excluding hydrogens is 281 g/mol. The van der Waals surface area contributed by atoms with Gasteiger partial charge in [-0.3, -0.25) is 0 Å². The monoisotopic (exact) mass is 292 g/mol. The van der Waals surface area contributed by atoms with Crippen molar-refractivity contribution in [3.8, 4) is 17.1 Å². The number of methoxy groups -OCH3 is 1. The Morgan fingerprint density at radius 1 is 1.05 bits per heavy atom. The molecular formula is C15H11F3N2O. The van der Waals surface area contributed by atoms with Gasteiger partial charge in [0.15, 0.2) is 0 Å². The highest BCUT2D eigenvalue weighted by Crippen LogP contribution is 2.31. The second-order valence-corrected chi connectivity index (χ2v) is 4.54. The average molecular weight is 292 g/mol. The second-order valence-electron chi connectivity index (χ2n) is 4.54. The molecule has 108 valence electrons. The van der Waals surface area contributed by atoms with E-state index in [-0.39, 0.29) is 0 Å². The van der Waals surface area contributed by atoms with Gasteiger partial charge in [-0.25, -0.2) is 4.98 Å². The van der Waals surface area contributed by atoms with Crippen LogP contribution in [0.5, 0.6) is 5.75 Å². The molecule has 0 saturated heterocycles. The van der Waals surface area contributed by atoms with Gasteiger partial charge in [0, 0.05) is 11.6 Å². The molecule has 3 aromatic rings. The largest absolute Gasteiger partial charge is 0.497 e. The topological polar surface area (TPSA) is 37.9 Å². The minimum atomic E-state index is -4.33. The number of H-pyrrole nitrogens is 1. The van der Waals surface area contributed by atoms with E-state index in [2.05, 4.69) is 9.97 Å². The molecule has 1 aromatic heterocycles. The van der Waals surface area contributed by atoms with Crippen molar-refractivity contribution in [2.24, 2.45) is 0 Å². The molecule has 0 radical (unpaired) electrons. The van der Waals surface area contributed by atoms with Gasteiger partial charge in [-0.15, -0.1) is 0 Å². The maximum Gasteiger partial charge on any atom is 0.416 e. The number of halogens is 3. The predicted molar refractivity (Wildman–Crippen MR) is 73.1 cm³/mol. The van der Waals surface area contributed by atoms with Crippen LogP contribution in [0.1, 0.15) is 5.56 Å². The molecule has 3 nitrogen and oxygen atoms in total. The van der Waals surface area contributed by atoms with E-state index in [9.17, 15) is 13.2 Å². The van der Waals surface area contributed by atoms with Crippen molar-refractivity contribution in [2.75, 3.05) is 7.11 Å². The first-order valence-electron chi connectivity index (χ1n) is 6.19. The number of nitrogens with one attached hydrogen (secondary N) is 1.